The van der Waals surface area contributed by atoms with E-state index in [0.717, 1.165) is 19.3 Å². The Labute approximate surface area is 89.2 Å². The Morgan fingerprint density at radius 1 is 0.929 bits per heavy atom. The molecule has 0 amide bonds. The van der Waals surface area contributed by atoms with Crippen molar-refractivity contribution in [2.45, 2.75) is 38.5 Å². The number of aliphatic hydroxyl groups is 1. The summed E-state index contributed by atoms with van der Waals surface area (Å²) in [7, 11) is 0.399. The van der Waals surface area contributed by atoms with Crippen molar-refractivity contribution in [1.82, 2.24) is 0 Å². The highest BCUT2D eigenvalue weighted by atomic mass is 32.2. The number of rotatable bonds is 1. The van der Waals surface area contributed by atoms with Crippen LogP contribution in [0.1, 0.15) is 38.5 Å². The summed E-state index contributed by atoms with van der Waals surface area (Å²) in [6, 6.07) is 0. The molecule has 14 heavy (non-hydrogen) atoms. The lowest BCUT2D eigenvalue weighted by molar-refractivity contribution is 0.372. The van der Waals surface area contributed by atoms with Gasteiger partial charge < -0.3 is 5.11 Å². The molecule has 2 aliphatic carbocycles. The fourth-order valence-electron chi connectivity index (χ4n) is 2.52. The van der Waals surface area contributed by atoms with Crippen LogP contribution >= 0.6 is 0 Å². The van der Waals surface area contributed by atoms with Crippen LogP contribution in [0.25, 0.3) is 0 Å². The Hall–Kier alpha value is -0.370. The molecule has 0 radical (unpaired) electrons. The lowest BCUT2D eigenvalue weighted by atomic mass is 9.84. The molecule has 0 spiro atoms. The summed E-state index contributed by atoms with van der Waals surface area (Å²) < 4.78 is 0. The quantitative estimate of drug-likeness (QED) is 0.660. The van der Waals surface area contributed by atoms with E-state index in [1.54, 1.807) is 4.91 Å². The van der Waals surface area contributed by atoms with Crippen LogP contribution in [0.4, 0.5) is 0 Å². The van der Waals surface area contributed by atoms with Gasteiger partial charge in [-0.25, -0.2) is 0 Å². The van der Waals surface area contributed by atoms with E-state index in [1.165, 1.54) is 30.4 Å². The van der Waals surface area contributed by atoms with Gasteiger partial charge in [-0.1, -0.05) is 0 Å². The van der Waals surface area contributed by atoms with Crippen molar-refractivity contribution in [1.29, 1.82) is 0 Å². The van der Waals surface area contributed by atoms with Gasteiger partial charge in [0.15, 0.2) is 0 Å². The minimum absolute atomic E-state index is 0.399. The lowest BCUT2D eigenvalue weighted by Crippen LogP contribution is -2.14. The van der Waals surface area contributed by atoms with Crippen molar-refractivity contribution in [3.63, 3.8) is 0 Å². The van der Waals surface area contributed by atoms with E-state index in [2.05, 4.69) is 12.5 Å². The molecule has 0 aliphatic heterocycles. The van der Waals surface area contributed by atoms with Gasteiger partial charge in [-0.2, -0.15) is 0 Å². The number of hydrogen-bond acceptors (Lipinski definition) is 1. The lowest BCUT2D eigenvalue weighted by Gasteiger charge is -2.25. The van der Waals surface area contributed by atoms with Crippen molar-refractivity contribution in [3.8, 4) is 0 Å². The van der Waals surface area contributed by atoms with Gasteiger partial charge >= 0.3 is 0 Å². The van der Waals surface area contributed by atoms with E-state index in [-0.39, 0.29) is 0 Å². The minimum Gasteiger partial charge on any atom is -0.512 e. The smallest absolute Gasteiger partial charge is 0.135 e. The summed E-state index contributed by atoms with van der Waals surface area (Å²) in [6.45, 7) is 0. The van der Waals surface area contributed by atoms with Crippen molar-refractivity contribution >= 4 is 10.9 Å². The zero-order chi connectivity index (χ0) is 10.1. The van der Waals surface area contributed by atoms with Crippen LogP contribution in [0.3, 0.4) is 0 Å². The van der Waals surface area contributed by atoms with E-state index in [4.69, 9.17) is 0 Å². The molecule has 78 valence electrons. The van der Waals surface area contributed by atoms with Crippen LogP contribution in [0.15, 0.2) is 21.8 Å². The second-order valence-electron chi connectivity index (χ2n) is 4.35. The van der Waals surface area contributed by atoms with Crippen molar-refractivity contribution < 1.29 is 5.11 Å². The fraction of sp³-hybridized carbons (Fsp3) is 0.667. The Bertz CT molecular complexity index is 299. The molecule has 0 aromatic heterocycles. The summed E-state index contributed by atoms with van der Waals surface area (Å²) in [4.78, 5) is 1.64. The van der Waals surface area contributed by atoms with Crippen molar-refractivity contribution in [2.24, 2.45) is 0 Å². The average molecular weight is 211 g/mol. The van der Waals surface area contributed by atoms with E-state index in [9.17, 15) is 5.11 Å². The van der Waals surface area contributed by atoms with Gasteiger partial charge in [0, 0.05) is 29.3 Å². The van der Waals surface area contributed by atoms with Crippen LogP contribution in [-0.2, 0) is 10.9 Å². The molecular weight excluding hydrogens is 192 g/mol. The molecule has 1 fully saturated rings. The summed E-state index contributed by atoms with van der Waals surface area (Å²) in [5.74, 6) is 0.689. The largest absolute Gasteiger partial charge is 0.512 e. The van der Waals surface area contributed by atoms with Gasteiger partial charge in [-0.15, -0.1) is 0 Å². The molecular formula is C12H19OS+. The van der Waals surface area contributed by atoms with E-state index in [0.29, 0.717) is 16.7 Å². The molecule has 1 saturated carbocycles. The summed E-state index contributed by atoms with van der Waals surface area (Å²) in [6.07, 6.45) is 11.5. The second kappa shape index (κ2) is 4.01. The van der Waals surface area contributed by atoms with Crippen LogP contribution in [0, 0.1) is 0 Å². The maximum Gasteiger partial charge on any atom is 0.135 e. The molecule has 0 atom stereocenters. The zero-order valence-electron chi connectivity index (χ0n) is 9.10. The standard InChI is InChI=1S/C12H18OS/c1-14(2)12-8-7-11(13)9-5-3-4-6-10(9)12/h3-8H2,1-2H3/p+1. The third kappa shape index (κ3) is 1.72. The summed E-state index contributed by atoms with van der Waals surface area (Å²) >= 11 is 0. The van der Waals surface area contributed by atoms with Crippen molar-refractivity contribution in [3.05, 3.63) is 21.8 Å². The van der Waals surface area contributed by atoms with Gasteiger partial charge in [-0.3, -0.25) is 0 Å². The first-order valence-corrected chi connectivity index (χ1v) is 7.45. The maximum absolute atomic E-state index is 9.85. The Morgan fingerprint density at radius 3 is 2.21 bits per heavy atom. The van der Waals surface area contributed by atoms with Crippen LogP contribution in [-0.4, -0.2) is 17.6 Å². The van der Waals surface area contributed by atoms with E-state index >= 15 is 0 Å². The molecule has 2 rings (SSSR count). The number of fused-ring (bicyclic) bond motifs is 1. The third-order valence-corrected chi connectivity index (χ3v) is 4.67. The van der Waals surface area contributed by atoms with Crippen LogP contribution in [0.2, 0.25) is 0 Å². The van der Waals surface area contributed by atoms with Crippen LogP contribution < -0.4 is 0 Å². The van der Waals surface area contributed by atoms with Gasteiger partial charge in [0.05, 0.1) is 5.76 Å². The summed E-state index contributed by atoms with van der Waals surface area (Å²) in [5, 5.41) is 9.85. The van der Waals surface area contributed by atoms with E-state index in [1.807, 2.05) is 0 Å². The van der Waals surface area contributed by atoms with Gasteiger partial charge in [0.25, 0.3) is 0 Å². The third-order valence-electron chi connectivity index (χ3n) is 3.23. The fourth-order valence-corrected chi connectivity index (χ4v) is 3.74. The molecule has 2 heteroatoms. The molecule has 1 N–H and O–H groups in total. The molecule has 0 bridgehead atoms. The molecule has 1 nitrogen and oxygen atoms in total. The van der Waals surface area contributed by atoms with E-state index < -0.39 is 0 Å². The first-order chi connectivity index (χ1) is 6.70. The Morgan fingerprint density at radius 2 is 1.57 bits per heavy atom. The predicted molar refractivity (Wildman–Crippen MR) is 63.6 cm³/mol. The van der Waals surface area contributed by atoms with Gasteiger partial charge in [0.1, 0.15) is 17.4 Å². The normalized spacial score (nSPS) is 23.1. The highest BCUT2D eigenvalue weighted by molar-refractivity contribution is 7.99. The molecule has 0 unspecified atom stereocenters. The topological polar surface area (TPSA) is 20.2 Å². The first kappa shape index (κ1) is 10.2. The van der Waals surface area contributed by atoms with Crippen molar-refractivity contribution in [2.75, 3.05) is 12.5 Å². The molecule has 0 saturated heterocycles. The SMILES string of the molecule is C[S+](C)C1=C2CCCCC2=C(O)CC1. The van der Waals surface area contributed by atoms with Gasteiger partial charge in [0.2, 0.25) is 0 Å². The van der Waals surface area contributed by atoms with Gasteiger partial charge in [-0.05, 0) is 31.3 Å². The molecule has 0 aromatic rings. The maximum atomic E-state index is 9.85. The number of allylic oxidation sites excluding steroid dienone is 4. The number of aliphatic hydroxyl groups excluding tert-OH is 1. The Kier molecular flexibility index (Phi) is 2.91. The molecule has 0 aromatic carbocycles. The first-order valence-electron chi connectivity index (χ1n) is 5.41. The average Bonchev–Trinajstić information content (AvgIpc) is 2.18. The van der Waals surface area contributed by atoms with Crippen LogP contribution in [0.5, 0.6) is 0 Å². The predicted octanol–water partition coefficient (Wildman–Crippen LogP) is 3.30. The number of hydrogen-bond donors (Lipinski definition) is 1. The zero-order valence-corrected chi connectivity index (χ0v) is 9.91. The highest BCUT2D eigenvalue weighted by Gasteiger charge is 2.29. The summed E-state index contributed by atoms with van der Waals surface area (Å²) in [5.41, 5.74) is 2.83. The second-order valence-corrected chi connectivity index (χ2v) is 6.48. The highest BCUT2D eigenvalue weighted by Crippen LogP contribution is 2.40. The molecule has 2 aliphatic rings. The Balaban J connectivity index is 2.39. The minimum atomic E-state index is 0.399. The molecule has 0 heterocycles. The monoisotopic (exact) mass is 211 g/mol.